The van der Waals surface area contributed by atoms with E-state index in [1.165, 1.54) is 39.7 Å². The molecule has 0 bridgehead atoms. The third-order valence-electron chi connectivity index (χ3n) is 6.62. The fourth-order valence-corrected chi connectivity index (χ4v) is 5.72. The summed E-state index contributed by atoms with van der Waals surface area (Å²) in [5, 5.41) is 16.9. The van der Waals surface area contributed by atoms with E-state index in [-0.39, 0.29) is 12.1 Å². The molecular weight excluding hydrogens is 458 g/mol. The Bertz CT molecular complexity index is 1290. The van der Waals surface area contributed by atoms with Gasteiger partial charge in [-0.3, -0.25) is 4.90 Å². The van der Waals surface area contributed by atoms with E-state index in [2.05, 4.69) is 38.9 Å². The third kappa shape index (κ3) is 4.28. The smallest absolute Gasteiger partial charge is 0.186 e. The largest absolute Gasteiger partial charge is 0.381 e. The number of piperazine rings is 1. The average Bonchev–Trinajstić information content (AvgIpc) is 3.48. The number of aliphatic hydroxyl groups is 1. The maximum Gasteiger partial charge on any atom is 0.186 e. The molecule has 2 aromatic carbocycles. The summed E-state index contributed by atoms with van der Waals surface area (Å²) in [5.41, 5.74) is 0.610. The summed E-state index contributed by atoms with van der Waals surface area (Å²) in [6, 6.07) is 9.09. The molecule has 0 aliphatic carbocycles. The highest BCUT2D eigenvalue weighted by molar-refractivity contribution is 7.22. The molecular formula is C24H26F2N6OS. The van der Waals surface area contributed by atoms with Gasteiger partial charge in [0.25, 0.3) is 0 Å². The number of rotatable bonds is 6. The Balaban J connectivity index is 1.37. The molecule has 1 fully saturated rings. The number of halogens is 2. The fourth-order valence-electron chi connectivity index (χ4n) is 4.60. The van der Waals surface area contributed by atoms with Gasteiger partial charge in [0, 0.05) is 43.9 Å². The molecule has 3 heterocycles. The normalized spacial score (nSPS) is 17.7. The molecule has 178 valence electrons. The topological polar surface area (TPSA) is 70.3 Å². The van der Waals surface area contributed by atoms with Gasteiger partial charge in [0.1, 0.15) is 29.9 Å². The van der Waals surface area contributed by atoms with Gasteiger partial charge in [-0.25, -0.2) is 23.4 Å². The number of aryl methyl sites for hydroxylation is 1. The van der Waals surface area contributed by atoms with E-state index in [9.17, 15) is 13.9 Å². The van der Waals surface area contributed by atoms with Crippen LogP contribution in [0.3, 0.4) is 0 Å². The van der Waals surface area contributed by atoms with Crippen LogP contribution in [0.5, 0.6) is 0 Å². The van der Waals surface area contributed by atoms with E-state index in [1.807, 2.05) is 13.0 Å². The van der Waals surface area contributed by atoms with Crippen LogP contribution >= 0.6 is 11.3 Å². The summed E-state index contributed by atoms with van der Waals surface area (Å²) in [4.78, 5) is 13.1. The highest BCUT2D eigenvalue weighted by Crippen LogP contribution is 2.34. The van der Waals surface area contributed by atoms with Crippen LogP contribution in [0.2, 0.25) is 0 Å². The zero-order valence-electron chi connectivity index (χ0n) is 19.0. The quantitative estimate of drug-likeness (QED) is 0.451. The maximum atomic E-state index is 14.8. The predicted molar refractivity (Wildman–Crippen MR) is 128 cm³/mol. The summed E-state index contributed by atoms with van der Waals surface area (Å²) >= 11 is 1.68. The lowest BCUT2D eigenvalue weighted by atomic mass is 9.85. The molecule has 4 aromatic rings. The molecule has 2 atom stereocenters. The van der Waals surface area contributed by atoms with Gasteiger partial charge in [-0.05, 0) is 37.6 Å². The molecule has 2 aromatic heterocycles. The number of nitrogens with zero attached hydrogens (tertiary/aromatic N) is 6. The predicted octanol–water partition coefficient (Wildman–Crippen LogP) is 3.57. The van der Waals surface area contributed by atoms with Crippen molar-refractivity contribution in [1.29, 1.82) is 0 Å². The molecule has 10 heteroatoms. The van der Waals surface area contributed by atoms with Crippen LogP contribution in [0, 0.1) is 18.6 Å². The zero-order chi connectivity index (χ0) is 23.9. The number of hydrogen-bond donors (Lipinski definition) is 1. The number of thiazole rings is 1. The second-order valence-electron chi connectivity index (χ2n) is 8.81. The number of benzene rings is 2. The van der Waals surface area contributed by atoms with E-state index < -0.39 is 23.3 Å². The second kappa shape index (κ2) is 9.01. The van der Waals surface area contributed by atoms with Gasteiger partial charge in [0.15, 0.2) is 5.13 Å². The van der Waals surface area contributed by atoms with Crippen LogP contribution < -0.4 is 4.90 Å². The SMILES string of the molecule is Cc1ccc2nc(N3CCN([C@H](C)[C@](O)(Cn4cncn4)c4ccc(F)cc4F)CC3)sc2c1. The van der Waals surface area contributed by atoms with Gasteiger partial charge < -0.3 is 10.0 Å². The standard InChI is InChI=1S/C24H26F2N6OS/c1-16-3-6-21-22(11-16)34-23(29-21)31-9-7-30(8-10-31)17(2)24(33,13-32-15-27-14-28-32)19-5-4-18(25)12-20(19)26/h3-6,11-12,14-15,17,33H,7-10,13H2,1-2H3/t17-,24-/m1/s1. The highest BCUT2D eigenvalue weighted by Gasteiger charge is 2.42. The van der Waals surface area contributed by atoms with Gasteiger partial charge in [0.2, 0.25) is 0 Å². The van der Waals surface area contributed by atoms with E-state index >= 15 is 0 Å². The zero-order valence-corrected chi connectivity index (χ0v) is 19.8. The van der Waals surface area contributed by atoms with Gasteiger partial charge >= 0.3 is 0 Å². The van der Waals surface area contributed by atoms with Crippen molar-refractivity contribution in [2.24, 2.45) is 0 Å². The Kier molecular flexibility index (Phi) is 6.05. The Morgan fingerprint density at radius 3 is 2.62 bits per heavy atom. The minimum absolute atomic E-state index is 0.00580. The lowest BCUT2D eigenvalue weighted by Crippen LogP contribution is -2.57. The van der Waals surface area contributed by atoms with Crippen LogP contribution in [0.25, 0.3) is 10.2 Å². The molecule has 0 spiro atoms. The summed E-state index contributed by atoms with van der Waals surface area (Å²) in [5.74, 6) is -1.46. The van der Waals surface area contributed by atoms with E-state index in [1.54, 1.807) is 11.3 Å². The van der Waals surface area contributed by atoms with E-state index in [0.29, 0.717) is 13.1 Å². The van der Waals surface area contributed by atoms with Crippen molar-refractivity contribution in [3.05, 3.63) is 71.8 Å². The molecule has 1 aliphatic heterocycles. The Labute approximate surface area is 200 Å². The average molecular weight is 485 g/mol. The maximum absolute atomic E-state index is 14.8. The van der Waals surface area contributed by atoms with Crippen molar-refractivity contribution in [2.75, 3.05) is 31.1 Å². The molecule has 1 aliphatic rings. The first-order valence-corrected chi connectivity index (χ1v) is 12.0. The molecule has 7 nitrogen and oxygen atoms in total. The lowest BCUT2D eigenvalue weighted by Gasteiger charge is -2.44. The lowest BCUT2D eigenvalue weighted by molar-refractivity contribution is -0.0650. The molecule has 1 saturated heterocycles. The number of hydrogen-bond acceptors (Lipinski definition) is 7. The molecule has 0 saturated carbocycles. The first-order chi connectivity index (χ1) is 16.3. The van der Waals surface area contributed by atoms with Crippen molar-refractivity contribution in [2.45, 2.75) is 32.0 Å². The van der Waals surface area contributed by atoms with E-state index in [4.69, 9.17) is 4.98 Å². The number of anilines is 1. The molecule has 0 unspecified atom stereocenters. The van der Waals surface area contributed by atoms with Gasteiger partial charge in [0.05, 0.1) is 16.8 Å². The Morgan fingerprint density at radius 2 is 1.91 bits per heavy atom. The second-order valence-corrected chi connectivity index (χ2v) is 9.82. The van der Waals surface area contributed by atoms with Crippen molar-refractivity contribution in [3.8, 4) is 0 Å². The molecule has 0 radical (unpaired) electrons. The molecule has 0 amide bonds. The van der Waals surface area contributed by atoms with Crippen molar-refractivity contribution in [3.63, 3.8) is 0 Å². The summed E-state index contributed by atoms with van der Waals surface area (Å²) in [7, 11) is 0. The molecule has 34 heavy (non-hydrogen) atoms. The van der Waals surface area contributed by atoms with Crippen LogP contribution in [-0.4, -0.2) is 62.0 Å². The summed E-state index contributed by atoms with van der Waals surface area (Å²) in [6.07, 6.45) is 2.84. The van der Waals surface area contributed by atoms with E-state index in [0.717, 1.165) is 29.8 Å². The van der Waals surface area contributed by atoms with Gasteiger partial charge in [-0.2, -0.15) is 5.10 Å². The Morgan fingerprint density at radius 1 is 1.12 bits per heavy atom. The third-order valence-corrected chi connectivity index (χ3v) is 7.70. The van der Waals surface area contributed by atoms with Crippen LogP contribution in [0.15, 0.2) is 49.1 Å². The minimum Gasteiger partial charge on any atom is -0.381 e. The fraction of sp³-hybridized carbons (Fsp3) is 0.375. The Hall–Kier alpha value is -2.95. The van der Waals surface area contributed by atoms with Crippen molar-refractivity contribution >= 4 is 26.7 Å². The first-order valence-electron chi connectivity index (χ1n) is 11.2. The highest BCUT2D eigenvalue weighted by atomic mass is 32.1. The van der Waals surface area contributed by atoms with Gasteiger partial charge in [-0.15, -0.1) is 0 Å². The molecule has 1 N–H and O–H groups in total. The summed E-state index contributed by atoms with van der Waals surface area (Å²) < 4.78 is 31.1. The summed E-state index contributed by atoms with van der Waals surface area (Å²) in [6.45, 7) is 6.73. The van der Waals surface area contributed by atoms with Crippen LogP contribution in [0.1, 0.15) is 18.1 Å². The van der Waals surface area contributed by atoms with Gasteiger partial charge in [-0.1, -0.05) is 23.5 Å². The van der Waals surface area contributed by atoms with Crippen molar-refractivity contribution < 1.29 is 13.9 Å². The monoisotopic (exact) mass is 484 g/mol. The molecule has 5 rings (SSSR count). The van der Waals surface area contributed by atoms with Crippen molar-refractivity contribution in [1.82, 2.24) is 24.6 Å². The first kappa shape index (κ1) is 22.8. The minimum atomic E-state index is -1.64. The van der Waals surface area contributed by atoms with Crippen LogP contribution in [0.4, 0.5) is 13.9 Å². The number of fused-ring (bicyclic) bond motifs is 1. The number of aromatic nitrogens is 4. The van der Waals surface area contributed by atoms with Crippen LogP contribution in [-0.2, 0) is 12.1 Å².